The van der Waals surface area contributed by atoms with E-state index >= 15 is 0 Å². The molecule has 0 fully saturated rings. The van der Waals surface area contributed by atoms with E-state index in [-0.39, 0.29) is 18.6 Å². The van der Waals surface area contributed by atoms with Crippen molar-refractivity contribution in [3.63, 3.8) is 0 Å². The molecular formula is C26H41FO4. The van der Waals surface area contributed by atoms with E-state index in [1.54, 1.807) is 19.9 Å². The minimum Gasteiger partial charge on any atom is -0.465 e. The Morgan fingerprint density at radius 1 is 0.774 bits per heavy atom. The molecule has 31 heavy (non-hydrogen) atoms. The van der Waals surface area contributed by atoms with Crippen LogP contribution in [0.15, 0.2) is 24.3 Å². The fourth-order valence-corrected chi connectivity index (χ4v) is 3.71. The summed E-state index contributed by atoms with van der Waals surface area (Å²) in [7, 11) is 0. The fourth-order valence-electron chi connectivity index (χ4n) is 3.71. The molecular weight excluding hydrogens is 395 g/mol. The molecule has 0 aliphatic carbocycles. The molecule has 1 rings (SSSR count). The van der Waals surface area contributed by atoms with Gasteiger partial charge in [-0.2, -0.15) is 0 Å². The molecule has 1 aromatic carbocycles. The summed E-state index contributed by atoms with van der Waals surface area (Å²) in [6, 6.07) is 5.68. The van der Waals surface area contributed by atoms with Gasteiger partial charge in [-0.05, 0) is 31.4 Å². The Kier molecular flexibility index (Phi) is 13.8. The molecule has 0 amide bonds. The predicted octanol–water partition coefficient (Wildman–Crippen LogP) is 7.39. The van der Waals surface area contributed by atoms with E-state index in [4.69, 9.17) is 9.47 Å². The summed E-state index contributed by atoms with van der Waals surface area (Å²) in [6.07, 6.45) is 13.9. The van der Waals surface area contributed by atoms with Gasteiger partial charge in [0.2, 0.25) is 0 Å². The SMILES string of the molecule is CCCCCCCCCCCCCOC(=O)C(CC)(CC)C(=O)Oc1ccccc1F. The molecule has 0 bridgehead atoms. The second-order valence-corrected chi connectivity index (χ2v) is 8.28. The van der Waals surface area contributed by atoms with Crippen LogP contribution in [0.3, 0.4) is 0 Å². The van der Waals surface area contributed by atoms with Crippen molar-refractivity contribution < 1.29 is 23.5 Å². The molecule has 4 nitrogen and oxygen atoms in total. The van der Waals surface area contributed by atoms with Gasteiger partial charge in [0.15, 0.2) is 17.0 Å². The van der Waals surface area contributed by atoms with Gasteiger partial charge in [0.05, 0.1) is 6.61 Å². The Labute approximate surface area is 187 Å². The number of hydrogen-bond acceptors (Lipinski definition) is 4. The van der Waals surface area contributed by atoms with Crippen LogP contribution in [0.5, 0.6) is 5.75 Å². The zero-order valence-corrected chi connectivity index (χ0v) is 19.7. The zero-order valence-electron chi connectivity index (χ0n) is 19.7. The van der Waals surface area contributed by atoms with Gasteiger partial charge < -0.3 is 9.47 Å². The zero-order chi connectivity index (χ0) is 23.0. The van der Waals surface area contributed by atoms with Gasteiger partial charge in [-0.15, -0.1) is 0 Å². The fraction of sp³-hybridized carbons (Fsp3) is 0.692. The highest BCUT2D eigenvalue weighted by atomic mass is 19.1. The topological polar surface area (TPSA) is 52.6 Å². The molecule has 5 heteroatoms. The minimum absolute atomic E-state index is 0.170. The predicted molar refractivity (Wildman–Crippen MR) is 122 cm³/mol. The van der Waals surface area contributed by atoms with E-state index < -0.39 is 23.2 Å². The molecule has 0 saturated carbocycles. The smallest absolute Gasteiger partial charge is 0.328 e. The Bertz CT molecular complexity index is 640. The van der Waals surface area contributed by atoms with Crippen molar-refractivity contribution in [3.05, 3.63) is 30.1 Å². The van der Waals surface area contributed by atoms with Gasteiger partial charge in [-0.3, -0.25) is 9.59 Å². The maximum absolute atomic E-state index is 13.8. The highest BCUT2D eigenvalue weighted by Gasteiger charge is 2.46. The monoisotopic (exact) mass is 436 g/mol. The summed E-state index contributed by atoms with van der Waals surface area (Å²) in [4.78, 5) is 25.4. The Morgan fingerprint density at radius 2 is 1.29 bits per heavy atom. The molecule has 0 aliphatic rings. The molecule has 176 valence electrons. The van der Waals surface area contributed by atoms with E-state index in [9.17, 15) is 14.0 Å². The Balaban J connectivity index is 2.32. The van der Waals surface area contributed by atoms with Crippen LogP contribution in [-0.2, 0) is 14.3 Å². The maximum Gasteiger partial charge on any atom is 0.328 e. The summed E-state index contributed by atoms with van der Waals surface area (Å²) < 4.78 is 24.5. The van der Waals surface area contributed by atoms with Gasteiger partial charge in [-0.25, -0.2) is 4.39 Å². The number of carbonyl (C=O) groups is 2. The largest absolute Gasteiger partial charge is 0.465 e. The van der Waals surface area contributed by atoms with Crippen molar-refractivity contribution in [2.75, 3.05) is 6.61 Å². The molecule has 1 aromatic rings. The first-order valence-electron chi connectivity index (χ1n) is 12.2. The average molecular weight is 437 g/mol. The lowest BCUT2D eigenvalue weighted by Crippen LogP contribution is -2.42. The lowest BCUT2D eigenvalue weighted by molar-refractivity contribution is -0.168. The number of hydrogen-bond donors (Lipinski definition) is 0. The summed E-state index contributed by atoms with van der Waals surface area (Å²) in [5.41, 5.74) is -1.40. The standard InChI is InChI=1S/C26H41FO4/c1-4-7-8-9-10-11-12-13-14-15-18-21-30-24(28)26(5-2,6-3)25(29)31-23-20-17-16-19-22(23)27/h16-17,19-20H,4-15,18,21H2,1-3H3. The van der Waals surface area contributed by atoms with Crippen molar-refractivity contribution in [3.8, 4) is 5.75 Å². The number of halogens is 1. The second-order valence-electron chi connectivity index (χ2n) is 8.28. The van der Waals surface area contributed by atoms with E-state index in [2.05, 4.69) is 6.92 Å². The van der Waals surface area contributed by atoms with Crippen molar-refractivity contribution >= 4 is 11.9 Å². The first kappa shape index (κ1) is 27.1. The van der Waals surface area contributed by atoms with Crippen LogP contribution in [0, 0.1) is 11.2 Å². The number of ether oxygens (including phenoxy) is 2. The molecule has 0 aliphatic heterocycles. The van der Waals surface area contributed by atoms with Crippen LogP contribution in [-0.4, -0.2) is 18.5 Å². The number of carbonyl (C=O) groups excluding carboxylic acids is 2. The third-order valence-corrected chi connectivity index (χ3v) is 6.01. The normalized spacial score (nSPS) is 11.4. The third kappa shape index (κ3) is 9.40. The average Bonchev–Trinajstić information content (AvgIpc) is 2.77. The quantitative estimate of drug-likeness (QED) is 0.111. The van der Waals surface area contributed by atoms with Gasteiger partial charge >= 0.3 is 11.9 Å². The Morgan fingerprint density at radius 3 is 1.81 bits per heavy atom. The summed E-state index contributed by atoms with van der Waals surface area (Å²) in [5, 5.41) is 0. The molecule has 0 aromatic heterocycles. The van der Waals surface area contributed by atoms with Gasteiger partial charge in [0.1, 0.15) is 0 Å². The van der Waals surface area contributed by atoms with E-state index in [0.717, 1.165) is 19.3 Å². The van der Waals surface area contributed by atoms with Crippen LogP contribution in [0.4, 0.5) is 4.39 Å². The molecule has 0 atom stereocenters. The molecule has 0 N–H and O–H groups in total. The maximum atomic E-state index is 13.8. The van der Waals surface area contributed by atoms with E-state index in [1.165, 1.54) is 69.6 Å². The number of unbranched alkanes of at least 4 members (excludes halogenated alkanes) is 10. The minimum atomic E-state index is -1.40. The lowest BCUT2D eigenvalue weighted by atomic mass is 9.82. The molecule has 0 unspecified atom stereocenters. The molecule has 0 saturated heterocycles. The summed E-state index contributed by atoms with van der Waals surface area (Å²) >= 11 is 0. The first-order chi connectivity index (χ1) is 15.0. The molecule has 0 heterocycles. The third-order valence-electron chi connectivity index (χ3n) is 6.01. The Hall–Kier alpha value is -1.91. The van der Waals surface area contributed by atoms with Crippen molar-refractivity contribution in [1.29, 1.82) is 0 Å². The molecule has 0 spiro atoms. The van der Waals surface area contributed by atoms with E-state index in [1.807, 2.05) is 0 Å². The van der Waals surface area contributed by atoms with Gasteiger partial charge in [0, 0.05) is 0 Å². The van der Waals surface area contributed by atoms with Crippen LogP contribution < -0.4 is 4.74 Å². The van der Waals surface area contributed by atoms with Crippen LogP contribution in [0.2, 0.25) is 0 Å². The van der Waals surface area contributed by atoms with E-state index in [0.29, 0.717) is 6.61 Å². The van der Waals surface area contributed by atoms with Crippen LogP contribution in [0.1, 0.15) is 104 Å². The van der Waals surface area contributed by atoms with Crippen LogP contribution >= 0.6 is 0 Å². The van der Waals surface area contributed by atoms with Crippen molar-refractivity contribution in [1.82, 2.24) is 0 Å². The highest BCUT2D eigenvalue weighted by molar-refractivity contribution is 6.00. The second kappa shape index (κ2) is 15.8. The summed E-state index contributed by atoms with van der Waals surface area (Å²) in [6.45, 7) is 6.02. The first-order valence-corrected chi connectivity index (χ1v) is 12.2. The number of benzene rings is 1. The van der Waals surface area contributed by atoms with Crippen molar-refractivity contribution in [2.24, 2.45) is 5.41 Å². The number of esters is 2. The highest BCUT2D eigenvalue weighted by Crippen LogP contribution is 2.31. The van der Waals surface area contributed by atoms with Crippen molar-refractivity contribution in [2.45, 2.75) is 104 Å². The van der Waals surface area contributed by atoms with Crippen LogP contribution in [0.25, 0.3) is 0 Å². The lowest BCUT2D eigenvalue weighted by Gasteiger charge is -2.26. The number of para-hydroxylation sites is 1. The van der Waals surface area contributed by atoms with Gasteiger partial charge in [-0.1, -0.05) is 97.1 Å². The van der Waals surface area contributed by atoms with Gasteiger partial charge in [0.25, 0.3) is 0 Å². The summed E-state index contributed by atoms with van der Waals surface area (Å²) in [5.74, 6) is -2.14. The number of rotatable bonds is 17. The molecule has 0 radical (unpaired) electrons.